The van der Waals surface area contributed by atoms with Crippen LogP contribution in [-0.2, 0) is 17.8 Å². The highest BCUT2D eigenvalue weighted by atomic mass is 79.9. The SMILES string of the molecule is O=C(Cc1ccc(Br)cc1)Nc1cnn(Cc2c(Cl)cccc2Cl)c1. The molecular formula is C18H14BrCl2N3O. The maximum atomic E-state index is 12.1. The standard InChI is InChI=1S/C18H14BrCl2N3O/c19-13-6-4-12(5-7-13)8-18(25)23-14-9-22-24(10-14)11-15-16(20)2-1-3-17(15)21/h1-7,9-10H,8,11H2,(H,23,25). The lowest BCUT2D eigenvalue weighted by atomic mass is 10.1. The Labute approximate surface area is 163 Å². The number of aromatic nitrogens is 2. The Hall–Kier alpha value is -1.82. The minimum absolute atomic E-state index is 0.0994. The van der Waals surface area contributed by atoms with Crippen molar-refractivity contribution in [2.75, 3.05) is 5.32 Å². The van der Waals surface area contributed by atoms with Crippen molar-refractivity contribution in [1.29, 1.82) is 0 Å². The number of hydrogen-bond acceptors (Lipinski definition) is 2. The first kappa shape index (κ1) is 18.0. The predicted molar refractivity (Wildman–Crippen MR) is 104 cm³/mol. The van der Waals surface area contributed by atoms with Crippen LogP contribution in [0.5, 0.6) is 0 Å². The van der Waals surface area contributed by atoms with Crippen molar-refractivity contribution in [2.24, 2.45) is 0 Å². The van der Waals surface area contributed by atoms with Crippen molar-refractivity contribution in [3.8, 4) is 0 Å². The van der Waals surface area contributed by atoms with Crippen molar-refractivity contribution >= 4 is 50.7 Å². The molecular weight excluding hydrogens is 425 g/mol. The average molecular weight is 439 g/mol. The largest absolute Gasteiger partial charge is 0.323 e. The summed E-state index contributed by atoms with van der Waals surface area (Å²) in [6, 6.07) is 13.0. The maximum Gasteiger partial charge on any atom is 0.228 e. The molecule has 1 N–H and O–H groups in total. The highest BCUT2D eigenvalue weighted by molar-refractivity contribution is 9.10. The summed E-state index contributed by atoms with van der Waals surface area (Å²) in [4.78, 5) is 12.1. The molecule has 0 saturated carbocycles. The van der Waals surface area contributed by atoms with Gasteiger partial charge < -0.3 is 5.32 Å². The van der Waals surface area contributed by atoms with Crippen molar-refractivity contribution in [3.63, 3.8) is 0 Å². The smallest absolute Gasteiger partial charge is 0.228 e. The van der Waals surface area contributed by atoms with Crippen LogP contribution in [0.2, 0.25) is 10.0 Å². The van der Waals surface area contributed by atoms with Crippen LogP contribution in [0.1, 0.15) is 11.1 Å². The number of nitrogens with one attached hydrogen (secondary N) is 1. The Morgan fingerprint density at radius 3 is 2.48 bits per heavy atom. The van der Waals surface area contributed by atoms with Gasteiger partial charge in [-0.25, -0.2) is 0 Å². The van der Waals surface area contributed by atoms with Crippen LogP contribution in [0, 0.1) is 0 Å². The van der Waals surface area contributed by atoms with Crippen molar-refractivity contribution in [2.45, 2.75) is 13.0 Å². The van der Waals surface area contributed by atoms with Crippen LogP contribution >= 0.6 is 39.1 Å². The molecule has 3 aromatic rings. The Bertz CT molecular complexity index is 873. The summed E-state index contributed by atoms with van der Waals surface area (Å²) in [5.74, 6) is -0.0994. The monoisotopic (exact) mass is 437 g/mol. The zero-order valence-corrected chi connectivity index (χ0v) is 16.1. The number of benzene rings is 2. The van der Waals surface area contributed by atoms with Crippen molar-refractivity contribution < 1.29 is 4.79 Å². The van der Waals surface area contributed by atoms with E-state index in [9.17, 15) is 4.79 Å². The van der Waals surface area contributed by atoms with Gasteiger partial charge in [0.1, 0.15) is 0 Å². The van der Waals surface area contributed by atoms with E-state index in [1.54, 1.807) is 35.3 Å². The molecule has 0 unspecified atom stereocenters. The van der Waals surface area contributed by atoms with Gasteiger partial charge in [-0.1, -0.05) is 57.3 Å². The Balaban J connectivity index is 1.63. The van der Waals surface area contributed by atoms with E-state index < -0.39 is 0 Å². The summed E-state index contributed by atoms with van der Waals surface area (Å²) < 4.78 is 2.67. The first-order valence-corrected chi connectivity index (χ1v) is 9.06. The number of amides is 1. The number of carbonyl (C=O) groups excluding carboxylic acids is 1. The van der Waals surface area contributed by atoms with E-state index in [2.05, 4.69) is 26.3 Å². The molecule has 0 radical (unpaired) electrons. The summed E-state index contributed by atoms with van der Waals surface area (Å²) in [5, 5.41) is 8.26. The molecule has 4 nitrogen and oxygen atoms in total. The molecule has 3 rings (SSSR count). The normalized spacial score (nSPS) is 10.7. The van der Waals surface area contributed by atoms with E-state index in [1.807, 2.05) is 24.3 Å². The zero-order chi connectivity index (χ0) is 17.8. The molecule has 0 fully saturated rings. The molecule has 0 saturated heterocycles. The molecule has 0 aliphatic rings. The molecule has 0 spiro atoms. The second-order valence-electron chi connectivity index (χ2n) is 5.48. The molecule has 128 valence electrons. The van der Waals surface area contributed by atoms with Crippen molar-refractivity contribution in [1.82, 2.24) is 9.78 Å². The highest BCUT2D eigenvalue weighted by Crippen LogP contribution is 2.25. The van der Waals surface area contributed by atoms with E-state index in [4.69, 9.17) is 23.2 Å². The summed E-state index contributed by atoms with van der Waals surface area (Å²) in [6.45, 7) is 0.432. The quantitative estimate of drug-likeness (QED) is 0.596. The number of anilines is 1. The molecule has 1 aromatic heterocycles. The fourth-order valence-corrected chi connectivity index (χ4v) is 3.13. The zero-order valence-electron chi connectivity index (χ0n) is 13.0. The first-order valence-electron chi connectivity index (χ1n) is 7.51. The third-order valence-corrected chi connectivity index (χ3v) is 4.81. The van der Waals surface area contributed by atoms with Crippen LogP contribution in [0.4, 0.5) is 5.69 Å². The molecule has 25 heavy (non-hydrogen) atoms. The first-order chi connectivity index (χ1) is 12.0. The maximum absolute atomic E-state index is 12.1. The van der Waals surface area contributed by atoms with E-state index in [0.717, 1.165) is 15.6 Å². The second kappa shape index (κ2) is 8.04. The van der Waals surface area contributed by atoms with E-state index in [-0.39, 0.29) is 5.91 Å². The molecule has 2 aromatic carbocycles. The molecule has 1 heterocycles. The van der Waals surface area contributed by atoms with Crippen LogP contribution < -0.4 is 5.32 Å². The van der Waals surface area contributed by atoms with Gasteiger partial charge in [0.25, 0.3) is 0 Å². The van der Waals surface area contributed by atoms with Crippen LogP contribution in [-0.4, -0.2) is 15.7 Å². The number of nitrogens with zero attached hydrogens (tertiary/aromatic N) is 2. The van der Waals surface area contributed by atoms with Gasteiger partial charge in [0, 0.05) is 26.3 Å². The van der Waals surface area contributed by atoms with Gasteiger partial charge in [-0.3, -0.25) is 9.48 Å². The van der Waals surface area contributed by atoms with Gasteiger partial charge in [0.05, 0.1) is 24.8 Å². The number of halogens is 3. The molecule has 7 heteroatoms. The van der Waals surface area contributed by atoms with Gasteiger partial charge in [-0.2, -0.15) is 5.10 Å². The van der Waals surface area contributed by atoms with Gasteiger partial charge in [-0.05, 0) is 29.8 Å². The van der Waals surface area contributed by atoms with E-state index in [0.29, 0.717) is 28.7 Å². The summed E-state index contributed by atoms with van der Waals surface area (Å²) in [5.41, 5.74) is 2.36. The second-order valence-corrected chi connectivity index (χ2v) is 7.21. The Morgan fingerprint density at radius 2 is 1.80 bits per heavy atom. The van der Waals surface area contributed by atoms with Crippen LogP contribution in [0.25, 0.3) is 0 Å². The fraction of sp³-hybridized carbons (Fsp3) is 0.111. The lowest BCUT2D eigenvalue weighted by molar-refractivity contribution is -0.115. The van der Waals surface area contributed by atoms with E-state index >= 15 is 0 Å². The van der Waals surface area contributed by atoms with Gasteiger partial charge in [0.15, 0.2) is 0 Å². The minimum Gasteiger partial charge on any atom is -0.323 e. The number of hydrogen-bond donors (Lipinski definition) is 1. The lowest BCUT2D eigenvalue weighted by Crippen LogP contribution is -2.13. The molecule has 1 amide bonds. The fourth-order valence-electron chi connectivity index (χ4n) is 2.35. The summed E-state index contributed by atoms with van der Waals surface area (Å²) in [6.07, 6.45) is 3.65. The third-order valence-electron chi connectivity index (χ3n) is 3.58. The van der Waals surface area contributed by atoms with E-state index in [1.165, 1.54) is 0 Å². The minimum atomic E-state index is -0.0994. The Kier molecular flexibility index (Phi) is 5.78. The Morgan fingerprint density at radius 1 is 1.12 bits per heavy atom. The van der Waals surface area contributed by atoms with Crippen LogP contribution in [0.3, 0.4) is 0 Å². The summed E-state index contributed by atoms with van der Waals surface area (Å²) >= 11 is 15.7. The number of rotatable bonds is 5. The van der Waals surface area contributed by atoms with Gasteiger partial charge >= 0.3 is 0 Å². The van der Waals surface area contributed by atoms with Crippen LogP contribution in [0.15, 0.2) is 59.3 Å². The third kappa shape index (κ3) is 4.84. The summed E-state index contributed by atoms with van der Waals surface area (Å²) in [7, 11) is 0. The van der Waals surface area contributed by atoms with Gasteiger partial charge in [-0.15, -0.1) is 0 Å². The predicted octanol–water partition coefficient (Wildman–Crippen LogP) is 5.18. The average Bonchev–Trinajstić information content (AvgIpc) is 3.00. The molecule has 0 bridgehead atoms. The topological polar surface area (TPSA) is 46.9 Å². The van der Waals surface area contributed by atoms with Gasteiger partial charge in [0.2, 0.25) is 5.91 Å². The number of carbonyl (C=O) groups is 1. The van der Waals surface area contributed by atoms with Crippen molar-refractivity contribution in [3.05, 3.63) is 80.5 Å². The lowest BCUT2D eigenvalue weighted by Gasteiger charge is -2.07. The molecule has 0 aliphatic heterocycles. The highest BCUT2D eigenvalue weighted by Gasteiger charge is 2.09. The molecule has 0 atom stereocenters. The molecule has 0 aliphatic carbocycles.